The van der Waals surface area contributed by atoms with Gasteiger partial charge in [0, 0.05) is 56.3 Å². The van der Waals surface area contributed by atoms with Crippen LogP contribution in [0.4, 0.5) is 11.8 Å². The van der Waals surface area contributed by atoms with Gasteiger partial charge in [-0.15, -0.1) is 0 Å². The number of piperidine rings is 1. The second kappa shape index (κ2) is 8.56. The fraction of sp³-hybridized carbons (Fsp3) is 0.545. The van der Waals surface area contributed by atoms with Crippen molar-refractivity contribution < 1.29 is 8.42 Å². The number of benzene rings is 1. The molecule has 2 fully saturated rings. The molecule has 2 saturated heterocycles. The Morgan fingerprint density at radius 2 is 1.45 bits per heavy atom. The van der Waals surface area contributed by atoms with Gasteiger partial charge in [0.1, 0.15) is 5.82 Å². The number of nitrogens with zero attached hydrogens (tertiary/aromatic N) is 5. The molecular weight excluding hydrogens is 434 g/mol. The number of aromatic nitrogens is 2. The lowest BCUT2D eigenvalue weighted by Gasteiger charge is -2.35. The second-order valence-electron chi connectivity index (χ2n) is 8.56. The molecule has 31 heavy (non-hydrogen) atoms. The minimum Gasteiger partial charge on any atom is -0.356 e. The van der Waals surface area contributed by atoms with Crippen molar-refractivity contribution in [2.75, 3.05) is 42.5 Å². The molecular formula is C22H28ClN5O2S. The number of hydrogen-bond acceptors (Lipinski definition) is 6. The number of sulfonamides is 1. The van der Waals surface area contributed by atoms with E-state index >= 15 is 0 Å². The van der Waals surface area contributed by atoms with Crippen molar-refractivity contribution in [3.63, 3.8) is 0 Å². The molecule has 3 aliphatic heterocycles. The summed E-state index contributed by atoms with van der Waals surface area (Å²) in [6.07, 6.45) is 6.47. The van der Waals surface area contributed by atoms with Gasteiger partial charge in [0.15, 0.2) is 0 Å². The van der Waals surface area contributed by atoms with Crippen LogP contribution in [0.15, 0.2) is 29.2 Å². The van der Waals surface area contributed by atoms with Crippen molar-refractivity contribution in [1.82, 2.24) is 14.3 Å². The van der Waals surface area contributed by atoms with Crippen molar-refractivity contribution in [3.05, 3.63) is 40.5 Å². The van der Waals surface area contributed by atoms with Crippen LogP contribution in [-0.4, -0.2) is 55.4 Å². The molecule has 3 aliphatic rings. The first kappa shape index (κ1) is 21.0. The van der Waals surface area contributed by atoms with Gasteiger partial charge in [-0.3, -0.25) is 0 Å². The highest BCUT2D eigenvalue weighted by Crippen LogP contribution is 2.33. The third-order valence-electron chi connectivity index (χ3n) is 6.49. The van der Waals surface area contributed by atoms with Crippen molar-refractivity contribution in [3.8, 4) is 0 Å². The van der Waals surface area contributed by atoms with E-state index < -0.39 is 10.0 Å². The molecule has 0 amide bonds. The zero-order valence-corrected chi connectivity index (χ0v) is 19.2. The Morgan fingerprint density at radius 1 is 0.806 bits per heavy atom. The Hall–Kier alpha value is -1.90. The standard InChI is InChI=1S/C22H28ClN5O2S/c23-17-6-8-18(9-7-17)31(29,30)28-15-10-20-19(16-28)21(26-11-2-1-3-12-26)25-22(24-20)27-13-4-5-14-27/h6-9H,1-5,10-16H2. The highest BCUT2D eigenvalue weighted by atomic mass is 35.5. The number of fused-ring (bicyclic) bond motifs is 1. The summed E-state index contributed by atoms with van der Waals surface area (Å²) in [4.78, 5) is 14.8. The summed E-state index contributed by atoms with van der Waals surface area (Å²) in [5.74, 6) is 1.74. The number of halogens is 1. The Morgan fingerprint density at radius 3 is 2.16 bits per heavy atom. The molecule has 9 heteroatoms. The molecule has 0 bridgehead atoms. The quantitative estimate of drug-likeness (QED) is 0.694. The number of hydrogen-bond donors (Lipinski definition) is 0. The van der Waals surface area contributed by atoms with Crippen LogP contribution in [0, 0.1) is 0 Å². The molecule has 0 unspecified atom stereocenters. The fourth-order valence-electron chi connectivity index (χ4n) is 4.75. The van der Waals surface area contributed by atoms with Gasteiger partial charge in [0.2, 0.25) is 16.0 Å². The van der Waals surface area contributed by atoms with Gasteiger partial charge in [0.05, 0.1) is 10.6 Å². The summed E-state index contributed by atoms with van der Waals surface area (Å²) in [5, 5.41) is 0.526. The number of anilines is 2. The van der Waals surface area contributed by atoms with Crippen molar-refractivity contribution >= 4 is 33.4 Å². The molecule has 4 heterocycles. The van der Waals surface area contributed by atoms with E-state index in [-0.39, 0.29) is 4.90 Å². The van der Waals surface area contributed by atoms with Crippen LogP contribution < -0.4 is 9.80 Å². The van der Waals surface area contributed by atoms with Crippen molar-refractivity contribution in [2.45, 2.75) is 50.0 Å². The largest absolute Gasteiger partial charge is 0.356 e. The fourth-order valence-corrected chi connectivity index (χ4v) is 6.28. The third-order valence-corrected chi connectivity index (χ3v) is 8.60. The average Bonchev–Trinajstić information content (AvgIpc) is 3.34. The Balaban J connectivity index is 1.51. The topological polar surface area (TPSA) is 69.6 Å². The highest BCUT2D eigenvalue weighted by Gasteiger charge is 2.33. The summed E-state index contributed by atoms with van der Waals surface area (Å²) in [6, 6.07) is 6.39. The molecule has 0 radical (unpaired) electrons. The maximum Gasteiger partial charge on any atom is 0.243 e. The van der Waals surface area contributed by atoms with Gasteiger partial charge < -0.3 is 9.80 Å². The molecule has 0 spiro atoms. The summed E-state index contributed by atoms with van der Waals surface area (Å²) >= 11 is 5.96. The summed E-state index contributed by atoms with van der Waals surface area (Å²) in [6.45, 7) is 4.66. The van der Waals surface area contributed by atoms with Gasteiger partial charge in [-0.05, 0) is 56.4 Å². The van der Waals surface area contributed by atoms with Gasteiger partial charge in [0.25, 0.3) is 0 Å². The van der Waals surface area contributed by atoms with Crippen LogP contribution in [0.25, 0.3) is 0 Å². The monoisotopic (exact) mass is 461 g/mol. The summed E-state index contributed by atoms with van der Waals surface area (Å²) < 4.78 is 28.1. The lowest BCUT2D eigenvalue weighted by atomic mass is 10.1. The molecule has 5 rings (SSSR count). The van der Waals surface area contributed by atoms with E-state index in [9.17, 15) is 8.42 Å². The van der Waals surface area contributed by atoms with Crippen LogP contribution in [0.3, 0.4) is 0 Å². The van der Waals surface area contributed by atoms with Crippen LogP contribution in [0.2, 0.25) is 5.02 Å². The van der Waals surface area contributed by atoms with Gasteiger partial charge >= 0.3 is 0 Å². The minimum absolute atomic E-state index is 0.273. The molecule has 0 saturated carbocycles. The van der Waals surface area contributed by atoms with Gasteiger partial charge in [-0.2, -0.15) is 9.29 Å². The van der Waals surface area contributed by atoms with Gasteiger partial charge in [-0.1, -0.05) is 11.6 Å². The first-order valence-corrected chi connectivity index (χ1v) is 13.0. The number of rotatable bonds is 4. The molecule has 2 aromatic rings. The average molecular weight is 462 g/mol. The first-order chi connectivity index (χ1) is 15.0. The predicted octanol–water partition coefficient (Wildman–Crippen LogP) is 3.47. The summed E-state index contributed by atoms with van der Waals surface area (Å²) in [5.41, 5.74) is 1.97. The first-order valence-electron chi connectivity index (χ1n) is 11.2. The Kier molecular flexibility index (Phi) is 5.79. The zero-order chi connectivity index (χ0) is 21.4. The van der Waals surface area contributed by atoms with Crippen molar-refractivity contribution in [2.24, 2.45) is 0 Å². The van der Waals surface area contributed by atoms with Crippen LogP contribution in [0.5, 0.6) is 0 Å². The maximum atomic E-state index is 13.3. The van der Waals surface area contributed by atoms with Crippen LogP contribution >= 0.6 is 11.6 Å². The van der Waals surface area contributed by atoms with E-state index in [4.69, 9.17) is 21.6 Å². The highest BCUT2D eigenvalue weighted by molar-refractivity contribution is 7.89. The SMILES string of the molecule is O=S(=O)(c1ccc(Cl)cc1)N1CCc2nc(N3CCCC3)nc(N3CCCCC3)c2C1. The minimum atomic E-state index is -3.60. The Bertz CT molecular complexity index is 1050. The third kappa shape index (κ3) is 4.13. The van der Waals surface area contributed by atoms with E-state index in [2.05, 4.69) is 9.80 Å². The lowest BCUT2D eigenvalue weighted by molar-refractivity contribution is 0.386. The molecule has 7 nitrogen and oxygen atoms in total. The molecule has 0 N–H and O–H groups in total. The maximum absolute atomic E-state index is 13.3. The van der Waals surface area contributed by atoms with Crippen LogP contribution in [0.1, 0.15) is 43.4 Å². The predicted molar refractivity (Wildman–Crippen MR) is 122 cm³/mol. The van der Waals surface area contributed by atoms with Gasteiger partial charge in [-0.25, -0.2) is 13.4 Å². The lowest BCUT2D eigenvalue weighted by Crippen LogP contribution is -2.39. The molecule has 166 valence electrons. The summed E-state index contributed by atoms with van der Waals surface area (Å²) in [7, 11) is -3.60. The van der Waals surface area contributed by atoms with Crippen molar-refractivity contribution in [1.29, 1.82) is 0 Å². The smallest absolute Gasteiger partial charge is 0.243 e. The molecule has 0 aliphatic carbocycles. The Labute approximate surface area is 189 Å². The van der Waals surface area contributed by atoms with Crippen LogP contribution in [-0.2, 0) is 23.0 Å². The van der Waals surface area contributed by atoms with E-state index in [0.717, 1.165) is 62.0 Å². The zero-order valence-electron chi connectivity index (χ0n) is 17.6. The van der Waals surface area contributed by atoms with E-state index in [1.165, 1.54) is 19.3 Å². The van der Waals surface area contributed by atoms with E-state index in [0.29, 0.717) is 24.5 Å². The molecule has 1 aromatic carbocycles. The van der Waals surface area contributed by atoms with E-state index in [1.807, 2.05) is 0 Å². The molecule has 0 atom stereocenters. The second-order valence-corrected chi connectivity index (χ2v) is 10.9. The molecule has 1 aromatic heterocycles. The van der Waals surface area contributed by atoms with E-state index in [1.54, 1.807) is 28.6 Å². The normalized spacial score (nSPS) is 20.2.